The molecule has 0 radical (unpaired) electrons. The van der Waals surface area contributed by atoms with Gasteiger partial charge in [0.05, 0.1) is 30.0 Å². The molecule has 3 heterocycles. The molecule has 0 spiro atoms. The highest BCUT2D eigenvalue weighted by atomic mass is 16.5. The summed E-state index contributed by atoms with van der Waals surface area (Å²) >= 11 is 0. The number of carbonyl (C=O) groups excluding carboxylic acids is 2. The summed E-state index contributed by atoms with van der Waals surface area (Å²) in [5.41, 5.74) is 13.4. The van der Waals surface area contributed by atoms with Crippen LogP contribution in [0.1, 0.15) is 44.3 Å². The van der Waals surface area contributed by atoms with Crippen LogP contribution >= 0.6 is 0 Å². The number of rotatable bonds is 7. The SMILES string of the molecule is COc1cc(C(=O)N[C@H]2CCc3cc(-n4c(-c5cccnc5N)nc5ccc(-c6ccccc6)nc54)ccc32)cc(C=O)c1O. The number of aldehydes is 1. The molecule has 3 aromatic carbocycles. The van der Waals surface area contributed by atoms with Gasteiger partial charge in [-0.25, -0.2) is 15.0 Å². The Kier molecular flexibility index (Phi) is 6.94. The molecule has 3 aromatic heterocycles. The summed E-state index contributed by atoms with van der Waals surface area (Å²) < 4.78 is 7.16. The maximum Gasteiger partial charge on any atom is 0.251 e. The number of aromatic hydroxyl groups is 1. The molecule has 0 saturated heterocycles. The fourth-order valence-corrected chi connectivity index (χ4v) is 5.90. The van der Waals surface area contributed by atoms with Crippen molar-refractivity contribution < 1.29 is 19.4 Å². The summed E-state index contributed by atoms with van der Waals surface area (Å²) in [7, 11) is 1.37. The third-order valence-electron chi connectivity index (χ3n) is 8.13. The van der Waals surface area contributed by atoms with Crippen LogP contribution < -0.4 is 15.8 Å². The quantitative estimate of drug-likeness (QED) is 0.200. The number of hydrogen-bond donors (Lipinski definition) is 3. The molecule has 0 bridgehead atoms. The average Bonchev–Trinajstić information content (AvgIpc) is 3.65. The smallest absolute Gasteiger partial charge is 0.251 e. The van der Waals surface area contributed by atoms with Gasteiger partial charge < -0.3 is 20.9 Å². The number of hydrogen-bond acceptors (Lipinski definition) is 8. The van der Waals surface area contributed by atoms with Crippen LogP contribution in [0.4, 0.5) is 5.82 Å². The Morgan fingerprint density at radius 3 is 2.67 bits per heavy atom. The number of ether oxygens (including phenoxy) is 1. The van der Waals surface area contributed by atoms with E-state index in [0.717, 1.165) is 40.0 Å². The zero-order chi connectivity index (χ0) is 31.1. The van der Waals surface area contributed by atoms with Crippen molar-refractivity contribution >= 4 is 29.2 Å². The Morgan fingerprint density at radius 1 is 1.04 bits per heavy atom. The van der Waals surface area contributed by atoms with Crippen molar-refractivity contribution in [1.82, 2.24) is 24.8 Å². The molecule has 7 rings (SSSR count). The normalized spacial score (nSPS) is 13.8. The van der Waals surface area contributed by atoms with Crippen LogP contribution in [-0.4, -0.2) is 43.9 Å². The molecule has 45 heavy (non-hydrogen) atoms. The van der Waals surface area contributed by atoms with Crippen LogP contribution in [0.5, 0.6) is 11.5 Å². The Hall–Kier alpha value is -6.03. The van der Waals surface area contributed by atoms with E-state index in [1.807, 2.05) is 71.3 Å². The van der Waals surface area contributed by atoms with Crippen LogP contribution in [0.3, 0.4) is 0 Å². The van der Waals surface area contributed by atoms with E-state index in [1.54, 1.807) is 6.20 Å². The van der Waals surface area contributed by atoms with Gasteiger partial charge in [0.2, 0.25) is 0 Å². The van der Waals surface area contributed by atoms with Crippen molar-refractivity contribution in [1.29, 1.82) is 0 Å². The molecule has 1 atom stereocenters. The van der Waals surface area contributed by atoms with Crippen molar-refractivity contribution in [2.45, 2.75) is 18.9 Å². The standard InChI is InChI=1S/C35H28N6O4/c1-45-30-18-22(16-23(19-42)31(30)43)35(44)40-28-12-9-21-17-24(10-11-25(21)28)41-33(26-8-5-15-37-32(26)36)39-29-14-13-27(38-34(29)41)20-6-3-2-4-7-20/h2-8,10-11,13-19,28,43H,9,12H2,1H3,(H2,36,37)(H,40,44)/t28-/m0/s1. The summed E-state index contributed by atoms with van der Waals surface area (Å²) in [5.74, 6) is 0.384. The zero-order valence-corrected chi connectivity index (χ0v) is 24.3. The Morgan fingerprint density at radius 2 is 1.89 bits per heavy atom. The fraction of sp³-hybridized carbons (Fsp3) is 0.114. The van der Waals surface area contributed by atoms with Crippen LogP contribution in [-0.2, 0) is 6.42 Å². The largest absolute Gasteiger partial charge is 0.504 e. The van der Waals surface area contributed by atoms with Gasteiger partial charge in [-0.05, 0) is 72.5 Å². The molecule has 1 aliphatic rings. The van der Waals surface area contributed by atoms with Crippen molar-refractivity contribution in [3.05, 3.63) is 113 Å². The number of nitrogens with zero attached hydrogens (tertiary/aromatic N) is 4. The second-order valence-electron chi connectivity index (χ2n) is 10.8. The Labute approximate surface area is 258 Å². The summed E-state index contributed by atoms with van der Waals surface area (Å²) in [5, 5.41) is 13.2. The number of fused-ring (bicyclic) bond motifs is 2. The highest BCUT2D eigenvalue weighted by molar-refractivity contribution is 5.97. The number of benzene rings is 3. The van der Waals surface area contributed by atoms with Gasteiger partial charge in [0.15, 0.2) is 29.3 Å². The maximum absolute atomic E-state index is 13.2. The highest BCUT2D eigenvalue weighted by Crippen LogP contribution is 2.37. The number of nitrogens with one attached hydrogen (secondary N) is 1. The first kappa shape index (κ1) is 27.8. The van der Waals surface area contributed by atoms with Gasteiger partial charge in [-0.15, -0.1) is 0 Å². The summed E-state index contributed by atoms with van der Waals surface area (Å²) in [6.07, 6.45) is 3.58. The monoisotopic (exact) mass is 596 g/mol. The number of carbonyl (C=O) groups is 2. The molecule has 1 aliphatic carbocycles. The number of nitrogen functional groups attached to an aromatic ring is 1. The zero-order valence-electron chi connectivity index (χ0n) is 24.3. The number of methoxy groups -OCH3 is 1. The number of amides is 1. The molecule has 0 aliphatic heterocycles. The molecule has 10 heteroatoms. The lowest BCUT2D eigenvalue weighted by atomic mass is 10.1. The highest BCUT2D eigenvalue weighted by Gasteiger charge is 2.27. The number of anilines is 1. The number of phenols is 1. The van der Waals surface area contributed by atoms with Gasteiger partial charge >= 0.3 is 0 Å². The van der Waals surface area contributed by atoms with Gasteiger partial charge in [-0.3, -0.25) is 14.2 Å². The third kappa shape index (κ3) is 4.92. The number of imidazole rings is 1. The van der Waals surface area contributed by atoms with E-state index in [-0.39, 0.29) is 34.6 Å². The summed E-state index contributed by atoms with van der Waals surface area (Å²) in [6, 6.07) is 26.3. The minimum Gasteiger partial charge on any atom is -0.504 e. The van der Waals surface area contributed by atoms with E-state index in [0.29, 0.717) is 35.6 Å². The van der Waals surface area contributed by atoms with Crippen LogP contribution in [0.25, 0.3) is 39.5 Å². The van der Waals surface area contributed by atoms with Gasteiger partial charge in [0.25, 0.3) is 5.91 Å². The molecule has 10 nitrogen and oxygen atoms in total. The van der Waals surface area contributed by atoms with E-state index in [4.69, 9.17) is 20.4 Å². The van der Waals surface area contributed by atoms with Gasteiger partial charge in [-0.2, -0.15) is 0 Å². The predicted molar refractivity (Wildman–Crippen MR) is 171 cm³/mol. The van der Waals surface area contributed by atoms with E-state index >= 15 is 0 Å². The molecule has 1 amide bonds. The molecule has 222 valence electrons. The van der Waals surface area contributed by atoms with Crippen molar-refractivity contribution in [3.63, 3.8) is 0 Å². The van der Waals surface area contributed by atoms with Crippen molar-refractivity contribution in [2.75, 3.05) is 12.8 Å². The van der Waals surface area contributed by atoms with Crippen LogP contribution in [0.15, 0.2) is 91.1 Å². The summed E-state index contributed by atoms with van der Waals surface area (Å²) in [4.78, 5) is 39.0. The number of phenolic OH excluding ortho intramolecular Hbond substituents is 1. The van der Waals surface area contributed by atoms with Crippen molar-refractivity contribution in [2.24, 2.45) is 0 Å². The first-order chi connectivity index (χ1) is 21.9. The second kappa shape index (κ2) is 11.2. The predicted octanol–water partition coefficient (Wildman–Crippen LogP) is 5.68. The van der Waals surface area contributed by atoms with E-state index < -0.39 is 0 Å². The lowest BCUT2D eigenvalue weighted by molar-refractivity contribution is 0.0936. The van der Waals surface area contributed by atoms with E-state index in [2.05, 4.69) is 16.4 Å². The maximum atomic E-state index is 13.2. The van der Waals surface area contributed by atoms with Crippen LogP contribution in [0, 0.1) is 0 Å². The first-order valence-electron chi connectivity index (χ1n) is 14.4. The minimum absolute atomic E-state index is 0.0161. The van der Waals surface area contributed by atoms with Crippen LogP contribution in [0.2, 0.25) is 0 Å². The Bertz CT molecular complexity index is 2110. The molecular weight excluding hydrogens is 568 g/mol. The number of aryl methyl sites for hydroxylation is 1. The van der Waals surface area contributed by atoms with Gasteiger partial charge in [0.1, 0.15) is 11.3 Å². The minimum atomic E-state index is -0.370. The lowest BCUT2D eigenvalue weighted by Crippen LogP contribution is -2.27. The number of nitrogens with two attached hydrogens (primary N) is 1. The molecule has 0 unspecified atom stereocenters. The number of pyridine rings is 2. The molecule has 0 saturated carbocycles. The number of aromatic nitrogens is 4. The second-order valence-corrected chi connectivity index (χ2v) is 10.8. The lowest BCUT2D eigenvalue weighted by Gasteiger charge is -2.16. The van der Waals surface area contributed by atoms with Crippen molar-refractivity contribution in [3.8, 4) is 39.8 Å². The topological polar surface area (TPSA) is 145 Å². The fourth-order valence-electron chi connectivity index (χ4n) is 5.90. The van der Waals surface area contributed by atoms with E-state index in [1.165, 1.54) is 19.2 Å². The molecule has 4 N–H and O–H groups in total. The average molecular weight is 597 g/mol. The Balaban J connectivity index is 1.28. The first-order valence-corrected chi connectivity index (χ1v) is 14.4. The molecule has 6 aromatic rings. The van der Waals surface area contributed by atoms with Gasteiger partial charge in [-0.1, -0.05) is 36.4 Å². The van der Waals surface area contributed by atoms with Gasteiger partial charge in [0, 0.05) is 23.0 Å². The molecular formula is C35H28N6O4. The third-order valence-corrected chi connectivity index (χ3v) is 8.13. The molecule has 0 fully saturated rings. The van der Waals surface area contributed by atoms with E-state index in [9.17, 15) is 14.7 Å². The summed E-state index contributed by atoms with van der Waals surface area (Å²) in [6.45, 7) is 0.